The third-order valence-electron chi connectivity index (χ3n) is 3.97. The summed E-state index contributed by atoms with van der Waals surface area (Å²) in [4.78, 5) is 31.1. The van der Waals surface area contributed by atoms with Gasteiger partial charge in [-0.2, -0.15) is 0 Å². The maximum absolute atomic E-state index is 12.0. The Morgan fingerprint density at radius 3 is 2.67 bits per heavy atom. The maximum Gasteiger partial charge on any atom is 0.254 e. The van der Waals surface area contributed by atoms with Crippen molar-refractivity contribution >= 4 is 17.7 Å². The zero-order chi connectivity index (χ0) is 17.5. The number of carbonyl (C=O) groups excluding carboxylic acids is 1. The molecule has 0 fully saturated rings. The zero-order valence-corrected chi connectivity index (χ0v) is 15.1. The average Bonchev–Trinajstić information content (AvgIpc) is 2.59. The third kappa shape index (κ3) is 4.96. The number of amides is 1. The number of H-pyrrole nitrogens is 1. The topological polar surface area (TPSA) is 74.8 Å². The van der Waals surface area contributed by atoms with E-state index in [-0.39, 0.29) is 23.8 Å². The molecule has 0 aliphatic heterocycles. The van der Waals surface area contributed by atoms with Gasteiger partial charge in [-0.3, -0.25) is 9.59 Å². The van der Waals surface area contributed by atoms with Crippen LogP contribution in [0.5, 0.6) is 0 Å². The number of carbonyl (C=O) groups is 1. The summed E-state index contributed by atoms with van der Waals surface area (Å²) in [5.74, 6) is 0.202. The highest BCUT2D eigenvalue weighted by Crippen LogP contribution is 2.13. The molecule has 0 saturated heterocycles. The lowest BCUT2D eigenvalue weighted by molar-refractivity contribution is -0.121. The molecule has 2 aromatic rings. The molecule has 1 atom stereocenters. The normalized spacial score (nSPS) is 12.0. The number of rotatable bonds is 7. The van der Waals surface area contributed by atoms with Crippen molar-refractivity contribution in [3.63, 3.8) is 0 Å². The Morgan fingerprint density at radius 1 is 1.33 bits per heavy atom. The van der Waals surface area contributed by atoms with E-state index in [0.29, 0.717) is 29.4 Å². The monoisotopic (exact) mass is 345 g/mol. The Balaban J connectivity index is 1.87. The number of thioether (sulfide) groups is 1. The van der Waals surface area contributed by atoms with Crippen LogP contribution < -0.4 is 10.9 Å². The highest BCUT2D eigenvalue weighted by Gasteiger charge is 2.11. The molecule has 0 aliphatic carbocycles. The van der Waals surface area contributed by atoms with Gasteiger partial charge < -0.3 is 10.3 Å². The van der Waals surface area contributed by atoms with Crippen LogP contribution >= 0.6 is 11.8 Å². The Kier molecular flexibility index (Phi) is 6.61. The number of aromatic amines is 1. The highest BCUT2D eigenvalue weighted by molar-refractivity contribution is 7.98. The van der Waals surface area contributed by atoms with Crippen molar-refractivity contribution in [2.75, 3.05) is 12.8 Å². The minimum Gasteiger partial charge on any atom is -0.355 e. The lowest BCUT2D eigenvalue weighted by atomic mass is 10.0. The molecule has 0 spiro atoms. The van der Waals surface area contributed by atoms with Crippen molar-refractivity contribution in [1.82, 2.24) is 15.3 Å². The summed E-state index contributed by atoms with van der Waals surface area (Å²) >= 11 is 1.39. The molecule has 1 aromatic carbocycles. The van der Waals surface area contributed by atoms with Gasteiger partial charge >= 0.3 is 0 Å². The van der Waals surface area contributed by atoms with E-state index >= 15 is 0 Å². The molecule has 0 radical (unpaired) electrons. The van der Waals surface area contributed by atoms with Gasteiger partial charge in [0.15, 0.2) is 5.16 Å². The fourth-order valence-electron chi connectivity index (χ4n) is 2.47. The lowest BCUT2D eigenvalue weighted by Crippen LogP contribution is -2.28. The van der Waals surface area contributed by atoms with Crippen molar-refractivity contribution in [2.24, 2.45) is 0 Å². The van der Waals surface area contributed by atoms with Crippen LogP contribution in [0.2, 0.25) is 0 Å². The minimum atomic E-state index is -0.155. The molecule has 1 amide bonds. The van der Waals surface area contributed by atoms with Crippen LogP contribution in [-0.4, -0.2) is 28.7 Å². The van der Waals surface area contributed by atoms with E-state index in [1.54, 1.807) is 6.92 Å². The molecular weight excluding hydrogens is 322 g/mol. The van der Waals surface area contributed by atoms with Gasteiger partial charge in [-0.25, -0.2) is 4.98 Å². The van der Waals surface area contributed by atoms with E-state index in [4.69, 9.17) is 0 Å². The van der Waals surface area contributed by atoms with E-state index in [9.17, 15) is 9.59 Å². The van der Waals surface area contributed by atoms with Crippen LogP contribution in [0.15, 0.2) is 40.3 Å². The standard InChI is InChI=1S/C18H23N3O2S/c1-12(14-7-5-4-6-8-14)11-19-16(22)10-9-15-13(2)20-18(24-3)21-17(15)23/h4-8,12H,9-11H2,1-3H3,(H,19,22)(H,20,21,23)/t12-/m1/s1. The summed E-state index contributed by atoms with van der Waals surface area (Å²) in [6, 6.07) is 10.1. The number of hydrogen-bond donors (Lipinski definition) is 2. The molecule has 2 N–H and O–H groups in total. The second-order valence-electron chi connectivity index (χ2n) is 5.75. The second kappa shape index (κ2) is 8.68. The molecule has 2 rings (SSSR count). The summed E-state index contributed by atoms with van der Waals surface area (Å²) in [5, 5.41) is 3.54. The molecule has 1 heterocycles. The zero-order valence-electron chi connectivity index (χ0n) is 14.3. The third-order valence-corrected chi connectivity index (χ3v) is 4.55. The quantitative estimate of drug-likeness (QED) is 0.597. The molecule has 0 bridgehead atoms. The summed E-state index contributed by atoms with van der Waals surface area (Å²) < 4.78 is 0. The SMILES string of the molecule is CSc1nc(C)c(CCC(=O)NC[C@@H](C)c2ccccc2)c(=O)[nH]1. The Hall–Kier alpha value is -2.08. The predicted molar refractivity (Wildman–Crippen MR) is 97.6 cm³/mol. The van der Waals surface area contributed by atoms with Gasteiger partial charge in [0.25, 0.3) is 5.56 Å². The van der Waals surface area contributed by atoms with E-state index in [2.05, 4.69) is 34.3 Å². The maximum atomic E-state index is 12.0. The van der Waals surface area contributed by atoms with Crippen molar-refractivity contribution in [2.45, 2.75) is 37.8 Å². The first-order valence-electron chi connectivity index (χ1n) is 7.96. The molecular formula is C18H23N3O2S. The van der Waals surface area contributed by atoms with Crippen LogP contribution in [0.4, 0.5) is 0 Å². The molecule has 5 nitrogen and oxygen atoms in total. The molecule has 24 heavy (non-hydrogen) atoms. The smallest absolute Gasteiger partial charge is 0.254 e. The van der Waals surface area contributed by atoms with Crippen molar-refractivity contribution in [1.29, 1.82) is 0 Å². The molecule has 6 heteroatoms. The minimum absolute atomic E-state index is 0.0504. The Morgan fingerprint density at radius 2 is 2.04 bits per heavy atom. The van der Waals surface area contributed by atoms with Crippen molar-refractivity contribution < 1.29 is 4.79 Å². The van der Waals surface area contributed by atoms with Crippen LogP contribution in [0.1, 0.15) is 36.1 Å². The van der Waals surface area contributed by atoms with Gasteiger partial charge in [-0.1, -0.05) is 49.0 Å². The van der Waals surface area contributed by atoms with E-state index in [0.717, 1.165) is 0 Å². The molecule has 128 valence electrons. The number of nitrogens with zero attached hydrogens (tertiary/aromatic N) is 1. The Labute approximate surface area is 146 Å². The van der Waals surface area contributed by atoms with Crippen LogP contribution in [-0.2, 0) is 11.2 Å². The van der Waals surface area contributed by atoms with Crippen LogP contribution in [0, 0.1) is 6.92 Å². The first-order valence-corrected chi connectivity index (χ1v) is 9.19. The van der Waals surface area contributed by atoms with Gasteiger partial charge in [-0.15, -0.1) is 0 Å². The number of aromatic nitrogens is 2. The molecule has 0 aliphatic rings. The summed E-state index contributed by atoms with van der Waals surface area (Å²) in [5.41, 5.74) is 2.31. The lowest BCUT2D eigenvalue weighted by Gasteiger charge is -2.13. The summed E-state index contributed by atoms with van der Waals surface area (Å²) in [7, 11) is 0. The average molecular weight is 345 g/mol. The number of aryl methyl sites for hydroxylation is 1. The first-order chi connectivity index (χ1) is 11.5. The number of benzene rings is 1. The highest BCUT2D eigenvalue weighted by atomic mass is 32.2. The van der Waals surface area contributed by atoms with Crippen molar-refractivity contribution in [3.8, 4) is 0 Å². The van der Waals surface area contributed by atoms with E-state index in [1.165, 1.54) is 17.3 Å². The molecule has 0 unspecified atom stereocenters. The van der Waals surface area contributed by atoms with E-state index < -0.39 is 0 Å². The van der Waals surface area contributed by atoms with Gasteiger partial charge in [-0.05, 0) is 31.1 Å². The van der Waals surface area contributed by atoms with Gasteiger partial charge in [0.2, 0.25) is 5.91 Å². The summed E-state index contributed by atoms with van der Waals surface area (Å²) in [6.07, 6.45) is 2.54. The first kappa shape index (κ1) is 18.3. The molecule has 1 aromatic heterocycles. The fraction of sp³-hybridized carbons (Fsp3) is 0.389. The van der Waals surface area contributed by atoms with E-state index in [1.807, 2.05) is 24.5 Å². The summed E-state index contributed by atoms with van der Waals surface area (Å²) in [6.45, 7) is 4.47. The number of hydrogen-bond acceptors (Lipinski definition) is 4. The fourth-order valence-corrected chi connectivity index (χ4v) is 2.89. The van der Waals surface area contributed by atoms with Crippen LogP contribution in [0.3, 0.4) is 0 Å². The van der Waals surface area contributed by atoms with Crippen LogP contribution in [0.25, 0.3) is 0 Å². The second-order valence-corrected chi connectivity index (χ2v) is 6.55. The largest absolute Gasteiger partial charge is 0.355 e. The van der Waals surface area contributed by atoms with Gasteiger partial charge in [0.05, 0.1) is 0 Å². The van der Waals surface area contributed by atoms with Gasteiger partial charge in [0.1, 0.15) is 0 Å². The molecule has 0 saturated carbocycles. The van der Waals surface area contributed by atoms with Gasteiger partial charge in [0, 0.05) is 24.2 Å². The Bertz CT molecular complexity index is 744. The van der Waals surface area contributed by atoms with Crippen molar-refractivity contribution in [3.05, 3.63) is 57.5 Å². The predicted octanol–water partition coefficient (Wildman–Crippen LogP) is 2.65. The number of nitrogens with one attached hydrogen (secondary N) is 2.